The van der Waals surface area contributed by atoms with E-state index in [0.29, 0.717) is 12.2 Å². The summed E-state index contributed by atoms with van der Waals surface area (Å²) >= 11 is 11.6. The molecule has 1 aromatic carbocycles. The summed E-state index contributed by atoms with van der Waals surface area (Å²) in [6.45, 7) is 0. The first kappa shape index (κ1) is 12.3. The Hall–Kier alpha value is -1.13. The molecule has 1 aliphatic rings. The summed E-state index contributed by atoms with van der Waals surface area (Å²) in [4.78, 5) is 11.0. The van der Waals surface area contributed by atoms with Crippen LogP contribution in [0.4, 0.5) is 8.78 Å². The van der Waals surface area contributed by atoms with E-state index in [-0.39, 0.29) is 15.6 Å². The van der Waals surface area contributed by atoms with Gasteiger partial charge in [0.25, 0.3) is 0 Å². The monoisotopic (exact) mass is 278 g/mol. The molecular weight excluding hydrogens is 273 g/mol. The summed E-state index contributed by atoms with van der Waals surface area (Å²) in [7, 11) is 0. The first-order chi connectivity index (χ1) is 7.92. The molecule has 0 N–H and O–H groups in total. The fourth-order valence-corrected chi connectivity index (χ4v) is 2.11. The van der Waals surface area contributed by atoms with Crippen molar-refractivity contribution in [2.45, 2.75) is 12.0 Å². The molecule has 17 heavy (non-hydrogen) atoms. The smallest absolute Gasteiger partial charge is 0.331 e. The Balaban J connectivity index is 2.53. The van der Waals surface area contributed by atoms with Crippen LogP contribution < -0.4 is 0 Å². The average molecular weight is 279 g/mol. The highest BCUT2D eigenvalue weighted by molar-refractivity contribution is 6.36. The lowest BCUT2D eigenvalue weighted by Gasteiger charge is -2.28. The second-order valence-electron chi connectivity index (χ2n) is 3.46. The number of ether oxygens (including phenoxy) is 1. The molecule has 90 valence electrons. The maximum atomic E-state index is 13.6. The summed E-state index contributed by atoms with van der Waals surface area (Å²) < 4.78 is 31.8. The van der Waals surface area contributed by atoms with Gasteiger partial charge in [-0.1, -0.05) is 29.3 Å². The number of alkyl halides is 2. The van der Waals surface area contributed by atoms with Crippen molar-refractivity contribution in [2.75, 3.05) is 0 Å². The Bertz CT molecular complexity index is 480. The first-order valence-corrected chi connectivity index (χ1v) is 5.39. The van der Waals surface area contributed by atoms with Gasteiger partial charge in [-0.25, -0.2) is 4.79 Å². The maximum Gasteiger partial charge on any atom is 0.331 e. The zero-order chi connectivity index (χ0) is 12.6. The van der Waals surface area contributed by atoms with E-state index in [4.69, 9.17) is 23.2 Å². The van der Waals surface area contributed by atoms with Crippen LogP contribution in [-0.2, 0) is 9.53 Å². The minimum Gasteiger partial charge on any atom is -0.447 e. The number of hydrogen-bond acceptors (Lipinski definition) is 2. The van der Waals surface area contributed by atoms with Gasteiger partial charge in [-0.3, -0.25) is 0 Å². The summed E-state index contributed by atoms with van der Waals surface area (Å²) in [5.41, 5.74) is -0.0847. The van der Waals surface area contributed by atoms with Gasteiger partial charge in [0, 0.05) is 21.7 Å². The standard InChI is InChI=1S/C11H6Cl2F2O2/c12-6-2-1-3-7(13)9(6)10-11(14,15)5-4-8(16)17-10/h1-5,10H. The van der Waals surface area contributed by atoms with E-state index in [1.807, 2.05) is 0 Å². The van der Waals surface area contributed by atoms with Crippen molar-refractivity contribution in [2.24, 2.45) is 0 Å². The lowest BCUT2D eigenvalue weighted by molar-refractivity contribution is -0.165. The van der Waals surface area contributed by atoms with Crippen molar-refractivity contribution in [3.05, 3.63) is 46.0 Å². The largest absolute Gasteiger partial charge is 0.447 e. The molecule has 6 heteroatoms. The van der Waals surface area contributed by atoms with Crippen LogP contribution in [0.5, 0.6) is 0 Å². The molecule has 0 amide bonds. The highest BCUT2D eigenvalue weighted by Gasteiger charge is 2.45. The van der Waals surface area contributed by atoms with E-state index >= 15 is 0 Å². The predicted octanol–water partition coefficient (Wildman–Crippen LogP) is 3.78. The van der Waals surface area contributed by atoms with Crippen LogP contribution in [0.25, 0.3) is 0 Å². The number of carbonyl (C=O) groups is 1. The van der Waals surface area contributed by atoms with Gasteiger partial charge in [-0.15, -0.1) is 0 Å². The molecule has 0 bridgehead atoms. The maximum absolute atomic E-state index is 13.6. The van der Waals surface area contributed by atoms with Crippen LogP contribution in [0.1, 0.15) is 11.7 Å². The Kier molecular flexibility index (Phi) is 3.10. The van der Waals surface area contributed by atoms with E-state index in [2.05, 4.69) is 4.74 Å². The Morgan fingerprint density at radius 3 is 2.41 bits per heavy atom. The van der Waals surface area contributed by atoms with Crippen LogP contribution in [0.3, 0.4) is 0 Å². The molecule has 0 aromatic heterocycles. The Labute approximate surface area is 106 Å². The first-order valence-electron chi connectivity index (χ1n) is 4.63. The van der Waals surface area contributed by atoms with Crippen molar-refractivity contribution in [1.29, 1.82) is 0 Å². The molecule has 1 atom stereocenters. The molecule has 0 spiro atoms. The van der Waals surface area contributed by atoms with Gasteiger partial charge in [0.05, 0.1) is 0 Å². The minimum atomic E-state index is -3.33. The number of benzene rings is 1. The molecule has 0 fully saturated rings. The molecule has 1 unspecified atom stereocenters. The van der Waals surface area contributed by atoms with Crippen LogP contribution in [-0.4, -0.2) is 11.9 Å². The van der Waals surface area contributed by atoms with Crippen LogP contribution in [0, 0.1) is 0 Å². The number of hydrogen-bond donors (Lipinski definition) is 0. The number of rotatable bonds is 1. The minimum absolute atomic E-state index is 0.0327. The zero-order valence-corrected chi connectivity index (χ0v) is 9.80. The molecule has 0 saturated heterocycles. The van der Waals surface area contributed by atoms with Gasteiger partial charge in [-0.2, -0.15) is 8.78 Å². The van der Waals surface area contributed by atoms with E-state index in [9.17, 15) is 13.6 Å². The van der Waals surface area contributed by atoms with Crippen molar-refractivity contribution in [1.82, 2.24) is 0 Å². The van der Waals surface area contributed by atoms with E-state index in [0.717, 1.165) is 0 Å². The van der Waals surface area contributed by atoms with E-state index < -0.39 is 18.0 Å². The second kappa shape index (κ2) is 4.27. The highest BCUT2D eigenvalue weighted by Crippen LogP contribution is 2.43. The Morgan fingerprint density at radius 2 is 1.82 bits per heavy atom. The summed E-state index contributed by atoms with van der Waals surface area (Å²) in [6, 6.07) is 4.34. The van der Waals surface area contributed by atoms with Gasteiger partial charge >= 0.3 is 11.9 Å². The van der Waals surface area contributed by atoms with Crippen LogP contribution in [0.2, 0.25) is 10.0 Å². The number of esters is 1. The number of carbonyl (C=O) groups excluding carboxylic acids is 1. The molecule has 0 radical (unpaired) electrons. The van der Waals surface area contributed by atoms with Gasteiger partial charge in [0.2, 0.25) is 0 Å². The molecule has 1 aliphatic heterocycles. The third-order valence-corrected chi connectivity index (χ3v) is 2.95. The third kappa shape index (κ3) is 2.28. The molecule has 2 rings (SSSR count). The fraction of sp³-hybridized carbons (Fsp3) is 0.182. The SMILES string of the molecule is O=C1C=CC(F)(F)C(c2c(Cl)cccc2Cl)O1. The van der Waals surface area contributed by atoms with Crippen molar-refractivity contribution in [3.8, 4) is 0 Å². The summed E-state index contributed by atoms with van der Waals surface area (Å²) in [6.07, 6.45) is -0.620. The second-order valence-corrected chi connectivity index (χ2v) is 4.27. The van der Waals surface area contributed by atoms with Crippen LogP contribution >= 0.6 is 23.2 Å². The molecular formula is C11H6Cl2F2O2. The van der Waals surface area contributed by atoms with E-state index in [1.54, 1.807) is 0 Å². The quantitative estimate of drug-likeness (QED) is 0.731. The Morgan fingerprint density at radius 1 is 1.24 bits per heavy atom. The van der Waals surface area contributed by atoms with Crippen molar-refractivity contribution in [3.63, 3.8) is 0 Å². The van der Waals surface area contributed by atoms with E-state index in [1.165, 1.54) is 18.2 Å². The van der Waals surface area contributed by atoms with Gasteiger partial charge in [0.15, 0.2) is 6.10 Å². The van der Waals surface area contributed by atoms with Gasteiger partial charge < -0.3 is 4.74 Å². The van der Waals surface area contributed by atoms with Crippen molar-refractivity contribution < 1.29 is 18.3 Å². The van der Waals surface area contributed by atoms with Crippen molar-refractivity contribution >= 4 is 29.2 Å². The fourth-order valence-electron chi connectivity index (χ4n) is 1.51. The third-order valence-electron chi connectivity index (χ3n) is 2.29. The van der Waals surface area contributed by atoms with Gasteiger partial charge in [-0.05, 0) is 18.2 Å². The van der Waals surface area contributed by atoms with Crippen LogP contribution in [0.15, 0.2) is 30.4 Å². The lowest BCUT2D eigenvalue weighted by Crippen LogP contribution is -2.32. The van der Waals surface area contributed by atoms with Gasteiger partial charge in [0.1, 0.15) is 0 Å². The molecule has 0 saturated carbocycles. The molecule has 2 nitrogen and oxygen atoms in total. The molecule has 1 aromatic rings. The normalized spacial score (nSPS) is 22.4. The molecule has 0 aliphatic carbocycles. The topological polar surface area (TPSA) is 26.3 Å². The molecule has 1 heterocycles. The summed E-state index contributed by atoms with van der Waals surface area (Å²) in [5, 5.41) is 0.0653. The lowest BCUT2D eigenvalue weighted by atomic mass is 10.0. The summed E-state index contributed by atoms with van der Waals surface area (Å²) in [5.74, 6) is -4.18. The zero-order valence-electron chi connectivity index (χ0n) is 8.29. The highest BCUT2D eigenvalue weighted by atomic mass is 35.5. The predicted molar refractivity (Wildman–Crippen MR) is 59.4 cm³/mol. The number of cyclic esters (lactones) is 1. The number of halogens is 4. The average Bonchev–Trinajstić information content (AvgIpc) is 2.23.